The van der Waals surface area contributed by atoms with Gasteiger partial charge in [0.25, 0.3) is 0 Å². The van der Waals surface area contributed by atoms with Crippen LogP contribution in [0.3, 0.4) is 0 Å². The van der Waals surface area contributed by atoms with Gasteiger partial charge in [-0.25, -0.2) is 4.79 Å². The van der Waals surface area contributed by atoms with Crippen LogP contribution < -0.4 is 4.74 Å². The van der Waals surface area contributed by atoms with Crippen LogP contribution in [0.2, 0.25) is 0 Å². The maximum Gasteiger partial charge on any atom is 0.337 e. The van der Waals surface area contributed by atoms with Crippen LogP contribution in [0.25, 0.3) is 0 Å². The number of hydrogen-bond donors (Lipinski definition) is 0. The molecule has 0 spiro atoms. The van der Waals surface area contributed by atoms with Gasteiger partial charge in [0.15, 0.2) is 0 Å². The Morgan fingerprint density at radius 3 is 2.58 bits per heavy atom. The molecule has 0 saturated carbocycles. The van der Waals surface area contributed by atoms with Crippen LogP contribution in [-0.2, 0) is 11.3 Å². The molecule has 0 saturated heterocycles. The molecule has 2 aromatic carbocycles. The Kier molecular flexibility index (Phi) is 4.58. The van der Waals surface area contributed by atoms with Crippen molar-refractivity contribution >= 4 is 21.9 Å². The third kappa shape index (κ3) is 3.58. The number of methoxy groups -OCH3 is 1. The Bertz CT molecular complexity index is 567. The first-order chi connectivity index (χ1) is 9.20. The smallest absolute Gasteiger partial charge is 0.337 e. The van der Waals surface area contributed by atoms with Gasteiger partial charge in [-0.15, -0.1) is 0 Å². The molecule has 0 amide bonds. The zero-order chi connectivity index (χ0) is 13.7. The average Bonchev–Trinajstić information content (AvgIpc) is 2.46. The summed E-state index contributed by atoms with van der Waals surface area (Å²) in [6.07, 6.45) is 0. The molecule has 0 aliphatic rings. The maximum atomic E-state index is 11.5. The van der Waals surface area contributed by atoms with E-state index in [0.29, 0.717) is 17.9 Å². The van der Waals surface area contributed by atoms with E-state index in [0.717, 1.165) is 10.0 Å². The summed E-state index contributed by atoms with van der Waals surface area (Å²) in [5.74, 6) is 0.240. The van der Waals surface area contributed by atoms with Crippen molar-refractivity contribution in [3.05, 3.63) is 64.1 Å². The van der Waals surface area contributed by atoms with Gasteiger partial charge in [-0.1, -0.05) is 30.3 Å². The third-order valence-electron chi connectivity index (χ3n) is 2.59. The minimum Gasteiger partial charge on any atom is -0.488 e. The molecular weight excluding hydrogens is 308 g/mol. The molecule has 0 heterocycles. The van der Waals surface area contributed by atoms with Gasteiger partial charge in [0.05, 0.1) is 17.1 Å². The monoisotopic (exact) mass is 320 g/mol. The molecule has 0 radical (unpaired) electrons. The number of ether oxygens (including phenoxy) is 2. The zero-order valence-electron chi connectivity index (χ0n) is 10.4. The normalized spacial score (nSPS) is 10.0. The number of benzene rings is 2. The van der Waals surface area contributed by atoms with Gasteiger partial charge in [-0.3, -0.25) is 0 Å². The van der Waals surface area contributed by atoms with E-state index in [1.165, 1.54) is 7.11 Å². The molecule has 0 unspecified atom stereocenters. The number of halogens is 1. The highest BCUT2D eigenvalue weighted by Gasteiger charge is 2.09. The van der Waals surface area contributed by atoms with Crippen molar-refractivity contribution in [3.63, 3.8) is 0 Å². The Hall–Kier alpha value is -1.81. The molecule has 0 fully saturated rings. The van der Waals surface area contributed by atoms with Crippen LogP contribution in [0.1, 0.15) is 15.9 Å². The summed E-state index contributed by atoms with van der Waals surface area (Å²) in [4.78, 5) is 11.5. The highest BCUT2D eigenvalue weighted by Crippen LogP contribution is 2.27. The largest absolute Gasteiger partial charge is 0.488 e. The zero-order valence-corrected chi connectivity index (χ0v) is 12.0. The summed E-state index contributed by atoms with van der Waals surface area (Å²) in [6.45, 7) is 0.448. The molecule has 2 aromatic rings. The maximum absolute atomic E-state index is 11.5. The van der Waals surface area contributed by atoms with Gasteiger partial charge in [-0.2, -0.15) is 0 Å². The van der Waals surface area contributed by atoms with Crippen molar-refractivity contribution < 1.29 is 14.3 Å². The second kappa shape index (κ2) is 6.38. The van der Waals surface area contributed by atoms with E-state index in [1.807, 2.05) is 30.3 Å². The van der Waals surface area contributed by atoms with Crippen LogP contribution in [0.5, 0.6) is 5.75 Å². The molecule has 0 atom stereocenters. The summed E-state index contributed by atoms with van der Waals surface area (Å²) in [7, 11) is 1.36. The fourth-order valence-electron chi connectivity index (χ4n) is 1.59. The van der Waals surface area contributed by atoms with E-state index in [4.69, 9.17) is 4.74 Å². The van der Waals surface area contributed by atoms with Crippen molar-refractivity contribution in [2.24, 2.45) is 0 Å². The Morgan fingerprint density at radius 1 is 1.16 bits per heavy atom. The molecule has 0 bridgehead atoms. The number of esters is 1. The highest BCUT2D eigenvalue weighted by atomic mass is 79.9. The Labute approximate surface area is 120 Å². The second-order valence-electron chi connectivity index (χ2n) is 3.91. The predicted octanol–water partition coefficient (Wildman–Crippen LogP) is 3.81. The van der Waals surface area contributed by atoms with Gasteiger partial charge in [0.2, 0.25) is 0 Å². The van der Waals surface area contributed by atoms with Crippen molar-refractivity contribution in [3.8, 4) is 5.75 Å². The first-order valence-electron chi connectivity index (χ1n) is 5.75. The van der Waals surface area contributed by atoms with Crippen LogP contribution in [-0.4, -0.2) is 13.1 Å². The average molecular weight is 321 g/mol. The SMILES string of the molecule is COC(=O)c1ccc(Br)c(OCc2ccccc2)c1. The van der Waals surface area contributed by atoms with E-state index in [9.17, 15) is 4.79 Å². The summed E-state index contributed by atoms with van der Waals surface area (Å²) < 4.78 is 11.2. The topological polar surface area (TPSA) is 35.5 Å². The first-order valence-corrected chi connectivity index (χ1v) is 6.54. The molecule has 0 aromatic heterocycles. The van der Waals surface area contributed by atoms with Crippen LogP contribution in [0, 0.1) is 0 Å². The lowest BCUT2D eigenvalue weighted by atomic mass is 10.2. The van der Waals surface area contributed by atoms with Gasteiger partial charge >= 0.3 is 5.97 Å². The molecule has 98 valence electrons. The molecular formula is C15H13BrO3. The molecule has 0 N–H and O–H groups in total. The molecule has 19 heavy (non-hydrogen) atoms. The van der Waals surface area contributed by atoms with Crippen LogP contribution in [0.15, 0.2) is 53.0 Å². The summed E-state index contributed by atoms with van der Waals surface area (Å²) in [6, 6.07) is 15.0. The number of carbonyl (C=O) groups is 1. The first kappa shape index (κ1) is 13.6. The molecule has 3 nitrogen and oxygen atoms in total. The van der Waals surface area contributed by atoms with E-state index < -0.39 is 0 Å². The lowest BCUT2D eigenvalue weighted by Crippen LogP contribution is -2.02. The van der Waals surface area contributed by atoms with E-state index in [2.05, 4.69) is 20.7 Å². The van der Waals surface area contributed by atoms with Crippen molar-refractivity contribution in [1.82, 2.24) is 0 Å². The van der Waals surface area contributed by atoms with Crippen molar-refractivity contribution in [2.45, 2.75) is 6.61 Å². The Balaban J connectivity index is 2.13. The number of rotatable bonds is 4. The van der Waals surface area contributed by atoms with Crippen LogP contribution >= 0.6 is 15.9 Å². The van der Waals surface area contributed by atoms with Gasteiger partial charge in [0.1, 0.15) is 12.4 Å². The summed E-state index contributed by atoms with van der Waals surface area (Å²) in [5.41, 5.74) is 1.53. The van der Waals surface area contributed by atoms with Gasteiger partial charge in [-0.05, 0) is 39.7 Å². The fraction of sp³-hybridized carbons (Fsp3) is 0.133. The van der Waals surface area contributed by atoms with E-state index >= 15 is 0 Å². The fourth-order valence-corrected chi connectivity index (χ4v) is 1.96. The number of hydrogen-bond acceptors (Lipinski definition) is 3. The van der Waals surface area contributed by atoms with E-state index in [1.54, 1.807) is 18.2 Å². The number of carbonyl (C=O) groups excluding carboxylic acids is 1. The van der Waals surface area contributed by atoms with Crippen molar-refractivity contribution in [2.75, 3.05) is 7.11 Å². The molecule has 0 aliphatic carbocycles. The molecule has 4 heteroatoms. The highest BCUT2D eigenvalue weighted by molar-refractivity contribution is 9.10. The van der Waals surface area contributed by atoms with Gasteiger partial charge < -0.3 is 9.47 Å². The second-order valence-corrected chi connectivity index (χ2v) is 4.77. The quantitative estimate of drug-likeness (QED) is 0.803. The Morgan fingerprint density at radius 2 is 1.89 bits per heavy atom. The minimum absolute atomic E-state index is 0.378. The summed E-state index contributed by atoms with van der Waals surface area (Å²) >= 11 is 3.40. The van der Waals surface area contributed by atoms with E-state index in [-0.39, 0.29) is 5.97 Å². The predicted molar refractivity (Wildman–Crippen MR) is 76.3 cm³/mol. The molecule has 2 rings (SSSR count). The molecule has 0 aliphatic heterocycles. The summed E-state index contributed by atoms with van der Waals surface area (Å²) in [5, 5.41) is 0. The third-order valence-corrected chi connectivity index (χ3v) is 3.24. The lowest BCUT2D eigenvalue weighted by Gasteiger charge is -2.09. The van der Waals surface area contributed by atoms with Crippen molar-refractivity contribution in [1.29, 1.82) is 0 Å². The standard InChI is InChI=1S/C15H13BrO3/c1-18-15(17)12-7-8-13(16)14(9-12)19-10-11-5-3-2-4-6-11/h2-9H,10H2,1H3. The minimum atomic E-state index is -0.378. The van der Waals surface area contributed by atoms with Gasteiger partial charge in [0, 0.05) is 0 Å². The van der Waals surface area contributed by atoms with Crippen LogP contribution in [0.4, 0.5) is 0 Å². The lowest BCUT2D eigenvalue weighted by molar-refractivity contribution is 0.0600.